The average molecular weight is 602 g/mol. The van der Waals surface area contributed by atoms with Crippen LogP contribution in [-0.4, -0.2) is 17.9 Å². The van der Waals surface area contributed by atoms with Crippen LogP contribution >= 0.6 is 0 Å². The van der Waals surface area contributed by atoms with Gasteiger partial charge in [0.15, 0.2) is 0 Å². The molecule has 4 aromatic carbocycles. The van der Waals surface area contributed by atoms with E-state index >= 15 is 0 Å². The Morgan fingerprint density at radius 1 is 0.611 bits per heavy atom. The van der Waals surface area contributed by atoms with Gasteiger partial charge in [0.1, 0.15) is 0 Å². The van der Waals surface area contributed by atoms with Gasteiger partial charge in [-0.1, -0.05) is 110 Å². The van der Waals surface area contributed by atoms with E-state index in [9.17, 15) is 9.59 Å². The Labute approximate surface area is 246 Å². The summed E-state index contributed by atoms with van der Waals surface area (Å²) in [5.74, 6) is -0.0921. The zero-order chi connectivity index (χ0) is 24.3. The van der Waals surface area contributed by atoms with Crippen molar-refractivity contribution in [3.63, 3.8) is 0 Å². The summed E-state index contributed by atoms with van der Waals surface area (Å²) in [6, 6.07) is 38.2. The van der Waals surface area contributed by atoms with Gasteiger partial charge >= 0.3 is 0 Å². The third kappa shape index (κ3) is 7.84. The van der Waals surface area contributed by atoms with Gasteiger partial charge in [0.25, 0.3) is 5.91 Å². The molecule has 1 aliphatic rings. The van der Waals surface area contributed by atoms with Gasteiger partial charge in [0.2, 0.25) is 0 Å². The molecule has 4 aromatic rings. The van der Waals surface area contributed by atoms with E-state index < -0.39 is 0 Å². The third-order valence-corrected chi connectivity index (χ3v) is 5.97. The van der Waals surface area contributed by atoms with Gasteiger partial charge in [-0.15, -0.1) is 5.69 Å². The Morgan fingerprint density at radius 2 is 1.06 bits per heavy atom. The monoisotopic (exact) mass is 602 g/mol. The van der Waals surface area contributed by atoms with Gasteiger partial charge in [-0.25, -0.2) is 0 Å². The Hall–Kier alpha value is -2.82. The molecule has 1 radical (unpaired) electrons. The summed E-state index contributed by atoms with van der Waals surface area (Å²) in [5, 5.41) is 3.99. The normalized spacial score (nSPS) is 12.4. The number of anilines is 1. The maximum Gasteiger partial charge on any atom is 0.258 e. The number of benzene rings is 4. The number of hydrogen-bond donors (Lipinski definition) is 0. The van der Waals surface area contributed by atoms with Crippen molar-refractivity contribution >= 4 is 23.2 Å². The molecule has 1 fully saturated rings. The second-order valence-corrected chi connectivity index (χ2v) is 8.43. The number of amides is 2. The van der Waals surface area contributed by atoms with E-state index in [-0.39, 0.29) is 53.1 Å². The van der Waals surface area contributed by atoms with Gasteiger partial charge in [-0.05, 0) is 42.7 Å². The summed E-state index contributed by atoms with van der Waals surface area (Å²) >= 11 is 0. The molecule has 0 spiro atoms. The standard InChI is InChI=1S/C18H19NO.C13H11NO.Pr/c20-18(15-9-3-1-4-10-15)19(17-13-7-8-14-17)16-11-5-2-6-12-16;15-13(11-7-3-1-4-8-11)14-12-9-5-2-6-10-12;/h1-6,9-12,17H,7-8,13-14H2;1-10H,(H,14,15);/p-1. The maximum absolute atomic E-state index is 12.9. The van der Waals surface area contributed by atoms with Gasteiger partial charge in [-0.3, -0.25) is 4.79 Å². The first-order chi connectivity index (χ1) is 17.2. The SMILES string of the molecule is O=C([N-]c1ccccc1)c1ccccc1.O=C(c1ccccc1)N(c1ccccc1)C1CCCC1.[Pr]. The van der Waals surface area contributed by atoms with Gasteiger partial charge in [0, 0.05) is 58.6 Å². The molecule has 0 saturated heterocycles. The van der Waals surface area contributed by atoms with Crippen molar-refractivity contribution in [1.29, 1.82) is 0 Å². The van der Waals surface area contributed by atoms with Crippen LogP contribution in [0.5, 0.6) is 0 Å². The molecule has 1 aliphatic carbocycles. The molecule has 36 heavy (non-hydrogen) atoms. The number of rotatable bonds is 5. The second kappa shape index (κ2) is 14.7. The Kier molecular flexibility index (Phi) is 11.3. The predicted molar refractivity (Wildman–Crippen MR) is 142 cm³/mol. The first-order valence-electron chi connectivity index (χ1n) is 12.0. The molecule has 1 saturated carbocycles. The summed E-state index contributed by atoms with van der Waals surface area (Å²) in [6.07, 6.45) is 4.65. The largest absolute Gasteiger partial charge is 0.623 e. The van der Waals surface area contributed by atoms with E-state index in [0.29, 0.717) is 17.3 Å². The molecule has 4 nitrogen and oxygen atoms in total. The molecule has 5 rings (SSSR count). The van der Waals surface area contributed by atoms with Crippen molar-refractivity contribution in [2.45, 2.75) is 31.7 Å². The second-order valence-electron chi connectivity index (χ2n) is 8.43. The summed E-state index contributed by atoms with van der Waals surface area (Å²) in [4.78, 5) is 26.5. The number of carbonyl (C=O) groups excluding carboxylic acids is 2. The average Bonchev–Trinajstić information content (AvgIpc) is 3.46. The molecule has 0 heterocycles. The molecule has 0 unspecified atom stereocenters. The van der Waals surface area contributed by atoms with Crippen LogP contribution in [0, 0.1) is 41.3 Å². The van der Waals surface area contributed by atoms with Crippen molar-refractivity contribution in [2.24, 2.45) is 0 Å². The summed E-state index contributed by atoms with van der Waals surface area (Å²) in [5.41, 5.74) is 3.07. The molecular weight excluding hydrogens is 573 g/mol. The van der Waals surface area contributed by atoms with Crippen LogP contribution in [0.15, 0.2) is 121 Å². The first kappa shape index (κ1) is 27.8. The molecule has 0 bridgehead atoms. The number of para-hydroxylation sites is 2. The van der Waals surface area contributed by atoms with Crippen molar-refractivity contribution in [1.82, 2.24) is 0 Å². The molecule has 5 heteroatoms. The van der Waals surface area contributed by atoms with Crippen LogP contribution in [0.1, 0.15) is 46.4 Å². The van der Waals surface area contributed by atoms with E-state index in [1.165, 1.54) is 12.8 Å². The van der Waals surface area contributed by atoms with Crippen molar-refractivity contribution in [3.8, 4) is 0 Å². The van der Waals surface area contributed by atoms with Crippen LogP contribution < -0.4 is 4.90 Å². The topological polar surface area (TPSA) is 51.5 Å². The van der Waals surface area contributed by atoms with Crippen LogP contribution in [-0.2, 0) is 0 Å². The van der Waals surface area contributed by atoms with Gasteiger partial charge < -0.3 is 15.0 Å². The quantitative estimate of drug-likeness (QED) is 0.234. The van der Waals surface area contributed by atoms with Gasteiger partial charge in [-0.2, -0.15) is 0 Å². The number of nitrogens with zero attached hydrogens (tertiary/aromatic N) is 2. The van der Waals surface area contributed by atoms with Gasteiger partial charge in [0.05, 0.1) is 5.91 Å². The van der Waals surface area contributed by atoms with Crippen molar-refractivity contribution < 1.29 is 50.9 Å². The molecular formula is C31H29N2O2Pr-. The minimum atomic E-state index is -0.207. The van der Waals surface area contributed by atoms with Crippen LogP contribution in [0.3, 0.4) is 0 Å². The predicted octanol–water partition coefficient (Wildman–Crippen LogP) is 7.81. The molecule has 0 N–H and O–H groups in total. The molecule has 0 aliphatic heterocycles. The fourth-order valence-corrected chi connectivity index (χ4v) is 4.23. The minimum Gasteiger partial charge on any atom is -0.623 e. The van der Waals surface area contributed by atoms with E-state index in [2.05, 4.69) is 5.32 Å². The molecule has 179 valence electrons. The third-order valence-electron chi connectivity index (χ3n) is 5.97. The number of carbonyl (C=O) groups is 2. The Bertz CT molecular complexity index is 1200. The van der Waals surface area contributed by atoms with E-state index in [1.54, 1.807) is 24.3 Å². The fourth-order valence-electron chi connectivity index (χ4n) is 4.23. The van der Waals surface area contributed by atoms with Crippen LogP contribution in [0.4, 0.5) is 11.4 Å². The zero-order valence-electron chi connectivity index (χ0n) is 20.2. The first-order valence-corrected chi connectivity index (χ1v) is 12.0. The minimum absolute atomic E-state index is 0. The Balaban J connectivity index is 0.000000203. The van der Waals surface area contributed by atoms with E-state index in [4.69, 9.17) is 0 Å². The number of hydrogen-bond acceptors (Lipinski definition) is 2. The molecule has 0 aromatic heterocycles. The zero-order valence-corrected chi connectivity index (χ0v) is 23.9. The Morgan fingerprint density at radius 3 is 1.58 bits per heavy atom. The smallest absolute Gasteiger partial charge is 0.258 e. The van der Waals surface area contributed by atoms with Crippen LogP contribution in [0.2, 0.25) is 0 Å². The van der Waals surface area contributed by atoms with Crippen molar-refractivity contribution in [2.75, 3.05) is 4.90 Å². The summed E-state index contributed by atoms with van der Waals surface area (Å²) in [7, 11) is 0. The maximum atomic E-state index is 12.9. The van der Waals surface area contributed by atoms with E-state index in [0.717, 1.165) is 24.1 Å². The summed E-state index contributed by atoms with van der Waals surface area (Å²) in [6.45, 7) is 0. The van der Waals surface area contributed by atoms with Crippen molar-refractivity contribution in [3.05, 3.63) is 138 Å². The molecule has 2 amide bonds. The molecule has 0 atom stereocenters. The van der Waals surface area contributed by atoms with E-state index in [1.807, 2.05) is 102 Å². The fraction of sp³-hybridized carbons (Fsp3) is 0.161. The van der Waals surface area contributed by atoms with Crippen LogP contribution in [0.25, 0.3) is 5.32 Å². The summed E-state index contributed by atoms with van der Waals surface area (Å²) < 4.78 is 0.